The van der Waals surface area contributed by atoms with E-state index < -0.39 is 0 Å². The zero-order chi connectivity index (χ0) is 20.8. The van der Waals surface area contributed by atoms with Gasteiger partial charge in [0.05, 0.1) is 12.8 Å². The quantitative estimate of drug-likeness (QED) is 0.422. The van der Waals surface area contributed by atoms with Crippen LogP contribution in [0.15, 0.2) is 40.2 Å². The summed E-state index contributed by atoms with van der Waals surface area (Å²) in [4.78, 5) is 11.0. The average molecular weight is 427 g/mol. The first-order chi connectivity index (χ1) is 13.8. The van der Waals surface area contributed by atoms with Crippen molar-refractivity contribution in [2.45, 2.75) is 37.7 Å². The van der Waals surface area contributed by atoms with Crippen LogP contribution < -0.4 is 9.47 Å². The minimum atomic E-state index is -0.246. The topological polar surface area (TPSA) is 63.9 Å². The van der Waals surface area contributed by atoms with Crippen molar-refractivity contribution in [1.82, 2.24) is 4.98 Å². The number of thiazole rings is 1. The second-order valence-electron chi connectivity index (χ2n) is 7.61. The van der Waals surface area contributed by atoms with Gasteiger partial charge in [-0.3, -0.25) is 0 Å². The number of fused-ring (bicyclic) bond motifs is 1. The third-order valence-corrected chi connectivity index (χ3v) is 5.89. The molecule has 150 valence electrons. The van der Waals surface area contributed by atoms with Crippen molar-refractivity contribution >= 4 is 35.3 Å². The number of aryl methyl sites for hydroxylation is 1. The normalized spacial score (nSPS) is 14.8. The zero-order valence-electron chi connectivity index (χ0n) is 16.7. The molecule has 4 rings (SSSR count). The maximum Gasteiger partial charge on any atom is 0.209 e. The fraction of sp³-hybridized carbons (Fsp3) is 0.273. The van der Waals surface area contributed by atoms with Crippen LogP contribution in [0, 0.1) is 6.92 Å². The maximum atomic E-state index is 9.97. The molecule has 1 aliphatic heterocycles. The predicted molar refractivity (Wildman–Crippen MR) is 120 cm³/mol. The van der Waals surface area contributed by atoms with Crippen LogP contribution >= 0.6 is 24.0 Å². The summed E-state index contributed by atoms with van der Waals surface area (Å²) in [5.41, 5.74) is 3.34. The molecular formula is C22H22N2O3S2. The molecule has 5 nitrogen and oxygen atoms in total. The lowest BCUT2D eigenvalue weighted by molar-refractivity contribution is 0.134. The molecule has 0 bridgehead atoms. The van der Waals surface area contributed by atoms with Gasteiger partial charge in [0.2, 0.25) is 5.13 Å². The maximum absolute atomic E-state index is 9.97. The van der Waals surface area contributed by atoms with Crippen LogP contribution in [0.25, 0.3) is 11.3 Å². The van der Waals surface area contributed by atoms with Crippen LogP contribution in [0.4, 0.5) is 5.13 Å². The number of methoxy groups -OCH3 is 1. The van der Waals surface area contributed by atoms with Crippen molar-refractivity contribution in [2.75, 3.05) is 7.11 Å². The lowest BCUT2D eigenvalue weighted by Crippen LogP contribution is -2.24. The lowest BCUT2D eigenvalue weighted by atomic mass is 9.99. The Labute approximate surface area is 179 Å². The van der Waals surface area contributed by atoms with Gasteiger partial charge in [-0.15, -0.1) is 12.6 Å². The summed E-state index contributed by atoms with van der Waals surface area (Å²) in [5, 5.41) is 10.6. The second kappa shape index (κ2) is 7.39. The lowest BCUT2D eigenvalue weighted by Gasteiger charge is -2.17. The van der Waals surface area contributed by atoms with E-state index in [9.17, 15) is 5.11 Å². The molecule has 1 aliphatic rings. The summed E-state index contributed by atoms with van der Waals surface area (Å²) in [6.45, 7) is 6.17. The Balaban J connectivity index is 1.69. The Kier molecular flexibility index (Phi) is 5.04. The highest BCUT2D eigenvalue weighted by molar-refractivity contribution is 7.80. The molecule has 1 aromatic heterocycles. The van der Waals surface area contributed by atoms with E-state index in [1.54, 1.807) is 31.5 Å². The molecule has 0 fully saturated rings. The number of ether oxygens (including phenoxy) is 2. The first kappa shape index (κ1) is 19.8. The van der Waals surface area contributed by atoms with E-state index >= 15 is 0 Å². The third-order valence-electron chi connectivity index (χ3n) is 4.73. The number of phenols is 1. The molecule has 0 unspecified atom stereocenters. The fourth-order valence-corrected chi connectivity index (χ4v) is 4.43. The molecular weight excluding hydrogens is 404 g/mol. The predicted octanol–water partition coefficient (Wildman–Crippen LogP) is 5.59. The summed E-state index contributed by atoms with van der Waals surface area (Å²) >= 11 is 5.81. The SMILES string of the molecule is COc1cc(-c2nc(N=Cc3cc(S)ccc3O)sc2C)cc2c1OC(C)(C)C2. The summed E-state index contributed by atoms with van der Waals surface area (Å²) in [7, 11) is 1.65. The molecule has 29 heavy (non-hydrogen) atoms. The largest absolute Gasteiger partial charge is 0.507 e. The molecule has 0 saturated carbocycles. The Morgan fingerprint density at radius 1 is 1.31 bits per heavy atom. The van der Waals surface area contributed by atoms with Gasteiger partial charge < -0.3 is 14.6 Å². The minimum Gasteiger partial charge on any atom is -0.507 e. The molecule has 2 heterocycles. The van der Waals surface area contributed by atoms with E-state index in [0.29, 0.717) is 10.7 Å². The Morgan fingerprint density at radius 3 is 2.86 bits per heavy atom. The summed E-state index contributed by atoms with van der Waals surface area (Å²) in [6.07, 6.45) is 2.43. The van der Waals surface area contributed by atoms with Crippen molar-refractivity contribution in [3.63, 3.8) is 0 Å². The summed E-state index contributed by atoms with van der Waals surface area (Å²) < 4.78 is 11.6. The van der Waals surface area contributed by atoms with Gasteiger partial charge in [0, 0.05) is 39.1 Å². The van der Waals surface area contributed by atoms with Gasteiger partial charge in [-0.1, -0.05) is 11.3 Å². The standard InChI is InChI=1S/C22H22N2O3S2/c1-12-19(13-7-14-10-22(2,3)27-20(14)18(9-13)26-4)24-21(29-12)23-11-15-8-16(28)5-6-17(15)25/h5-9,11,25,28H,10H2,1-4H3. The van der Waals surface area contributed by atoms with Crippen LogP contribution in [-0.4, -0.2) is 29.0 Å². The number of phenolic OH excluding ortho intramolecular Hbond substituents is 1. The average Bonchev–Trinajstić information content (AvgIpc) is 3.19. The number of benzene rings is 2. The van der Waals surface area contributed by atoms with E-state index in [0.717, 1.165) is 44.5 Å². The molecule has 0 atom stereocenters. The number of nitrogens with zero attached hydrogens (tertiary/aromatic N) is 2. The molecule has 3 aromatic rings. The van der Waals surface area contributed by atoms with E-state index in [2.05, 4.69) is 37.5 Å². The van der Waals surface area contributed by atoms with E-state index in [1.807, 2.05) is 13.0 Å². The smallest absolute Gasteiger partial charge is 0.209 e. The molecule has 7 heteroatoms. The fourth-order valence-electron chi connectivity index (χ4n) is 3.44. The van der Waals surface area contributed by atoms with Crippen molar-refractivity contribution in [1.29, 1.82) is 0 Å². The minimum absolute atomic E-state index is 0.158. The molecule has 0 spiro atoms. The van der Waals surface area contributed by atoms with Crippen molar-refractivity contribution in [3.8, 4) is 28.5 Å². The first-order valence-electron chi connectivity index (χ1n) is 9.19. The number of rotatable bonds is 4. The molecule has 0 saturated heterocycles. The zero-order valence-corrected chi connectivity index (χ0v) is 18.4. The molecule has 0 aliphatic carbocycles. The monoisotopic (exact) mass is 426 g/mol. The third kappa shape index (κ3) is 3.97. The highest BCUT2D eigenvalue weighted by Crippen LogP contribution is 2.45. The van der Waals surface area contributed by atoms with Crippen LogP contribution in [0.1, 0.15) is 29.9 Å². The van der Waals surface area contributed by atoms with Crippen LogP contribution in [0.5, 0.6) is 17.2 Å². The van der Waals surface area contributed by atoms with Gasteiger partial charge in [0.1, 0.15) is 11.4 Å². The molecule has 1 N–H and O–H groups in total. The second-order valence-corrected chi connectivity index (χ2v) is 9.31. The van der Waals surface area contributed by atoms with Gasteiger partial charge in [-0.25, -0.2) is 9.98 Å². The number of aromatic nitrogens is 1. The molecule has 2 aromatic carbocycles. The molecule has 0 radical (unpaired) electrons. The Bertz CT molecular complexity index is 1120. The number of thiol groups is 1. The van der Waals surface area contributed by atoms with Gasteiger partial charge >= 0.3 is 0 Å². The van der Waals surface area contributed by atoms with Crippen molar-refractivity contribution in [2.24, 2.45) is 4.99 Å². The van der Waals surface area contributed by atoms with Crippen LogP contribution in [-0.2, 0) is 6.42 Å². The summed E-state index contributed by atoms with van der Waals surface area (Å²) in [5.74, 6) is 1.69. The highest BCUT2D eigenvalue weighted by Gasteiger charge is 2.33. The van der Waals surface area contributed by atoms with Crippen LogP contribution in [0.3, 0.4) is 0 Å². The van der Waals surface area contributed by atoms with E-state index in [4.69, 9.17) is 14.5 Å². The molecule has 0 amide bonds. The number of hydrogen-bond donors (Lipinski definition) is 2. The van der Waals surface area contributed by atoms with E-state index in [1.165, 1.54) is 11.3 Å². The summed E-state index contributed by atoms with van der Waals surface area (Å²) in [6, 6.07) is 9.18. The van der Waals surface area contributed by atoms with Crippen molar-refractivity contribution in [3.05, 3.63) is 46.3 Å². The van der Waals surface area contributed by atoms with Gasteiger partial charge in [0.25, 0.3) is 0 Å². The number of aromatic hydroxyl groups is 1. The van der Waals surface area contributed by atoms with Gasteiger partial charge in [-0.2, -0.15) is 0 Å². The highest BCUT2D eigenvalue weighted by atomic mass is 32.1. The van der Waals surface area contributed by atoms with Crippen molar-refractivity contribution < 1.29 is 14.6 Å². The Morgan fingerprint density at radius 2 is 2.10 bits per heavy atom. The first-order valence-corrected chi connectivity index (χ1v) is 10.5. The van der Waals surface area contributed by atoms with Gasteiger partial charge in [-0.05, 0) is 51.1 Å². The van der Waals surface area contributed by atoms with Crippen LogP contribution in [0.2, 0.25) is 0 Å². The van der Waals surface area contributed by atoms with Gasteiger partial charge in [0.15, 0.2) is 11.5 Å². The van der Waals surface area contributed by atoms with E-state index in [-0.39, 0.29) is 11.4 Å². The Hall–Kier alpha value is -2.51. The number of aliphatic imine (C=N–C) groups is 1. The number of hydrogen-bond acceptors (Lipinski definition) is 7.